The van der Waals surface area contributed by atoms with Gasteiger partial charge in [0.05, 0.1) is 22.2 Å². The third kappa shape index (κ3) is 3.30. The van der Waals surface area contributed by atoms with Gasteiger partial charge in [-0.2, -0.15) is 0 Å². The fourth-order valence-electron chi connectivity index (χ4n) is 5.05. The number of imidazole rings is 1. The Morgan fingerprint density at radius 3 is 2.48 bits per heavy atom. The average Bonchev–Trinajstić information content (AvgIpc) is 3.17. The first-order valence-corrected chi connectivity index (χ1v) is 11.3. The lowest BCUT2D eigenvalue weighted by atomic mass is 9.83. The number of nitrogens with zero attached hydrogens (tertiary/aromatic N) is 2. The van der Waals surface area contributed by atoms with Gasteiger partial charge in [-0.15, -0.1) is 0 Å². The van der Waals surface area contributed by atoms with E-state index in [4.69, 9.17) is 28.2 Å². The minimum atomic E-state index is -0.191. The van der Waals surface area contributed by atoms with Crippen LogP contribution in [0.15, 0.2) is 41.2 Å². The highest BCUT2D eigenvalue weighted by Gasteiger charge is 2.35. The molecule has 0 saturated carbocycles. The van der Waals surface area contributed by atoms with E-state index < -0.39 is 0 Å². The second-order valence-electron chi connectivity index (χ2n) is 8.53. The zero-order valence-electron chi connectivity index (χ0n) is 16.7. The molecule has 1 atom stereocenters. The summed E-state index contributed by atoms with van der Waals surface area (Å²) in [5, 5.41) is 5.86. The lowest BCUT2D eigenvalue weighted by molar-refractivity contribution is 0.0976. The molecule has 3 N–H and O–H groups in total. The van der Waals surface area contributed by atoms with Crippen molar-refractivity contribution < 1.29 is 0 Å². The standard InChI is InChI=1S/C23H21Cl2N5O/c24-13-1-3-16-15(9-13)21(26-19-11-30-7-5-12(19)6-8-30)20(23(31)29-16)22-27-17-4-2-14(25)10-18(17)28-22/h1-4,9-10,12,19H,5-8,11H2,(H,27,28)(H2,26,29,31)/t19-/m0/s1. The quantitative estimate of drug-likeness (QED) is 0.412. The topological polar surface area (TPSA) is 76.8 Å². The number of pyridine rings is 1. The third-order valence-corrected chi connectivity index (χ3v) is 7.11. The van der Waals surface area contributed by atoms with Crippen molar-refractivity contribution in [1.29, 1.82) is 0 Å². The Kier molecular flexibility index (Phi) is 4.49. The van der Waals surface area contributed by atoms with E-state index in [0.29, 0.717) is 27.4 Å². The van der Waals surface area contributed by atoms with Crippen LogP contribution in [0, 0.1) is 5.92 Å². The molecule has 4 aromatic rings. The Labute approximate surface area is 188 Å². The van der Waals surface area contributed by atoms with Crippen LogP contribution in [0.5, 0.6) is 0 Å². The molecule has 3 fully saturated rings. The number of halogens is 2. The summed E-state index contributed by atoms with van der Waals surface area (Å²) < 4.78 is 0. The fourth-order valence-corrected chi connectivity index (χ4v) is 5.39. The van der Waals surface area contributed by atoms with Gasteiger partial charge in [-0.05, 0) is 68.2 Å². The van der Waals surface area contributed by atoms with Crippen molar-refractivity contribution in [2.45, 2.75) is 18.9 Å². The number of hydrogen-bond acceptors (Lipinski definition) is 4. The molecule has 3 aliphatic heterocycles. The summed E-state index contributed by atoms with van der Waals surface area (Å²) in [6, 6.07) is 11.3. The van der Waals surface area contributed by atoms with Gasteiger partial charge >= 0.3 is 0 Å². The highest BCUT2D eigenvalue weighted by atomic mass is 35.5. The van der Waals surface area contributed by atoms with Crippen LogP contribution in [-0.2, 0) is 0 Å². The van der Waals surface area contributed by atoms with E-state index >= 15 is 0 Å². The van der Waals surface area contributed by atoms with Crippen molar-refractivity contribution >= 4 is 50.8 Å². The number of rotatable bonds is 3. The lowest BCUT2D eigenvalue weighted by Gasteiger charge is -2.45. The van der Waals surface area contributed by atoms with Gasteiger partial charge in [0.1, 0.15) is 11.4 Å². The molecular formula is C23H21Cl2N5O. The summed E-state index contributed by atoms with van der Waals surface area (Å²) in [5.41, 5.74) is 3.40. The van der Waals surface area contributed by atoms with Crippen LogP contribution in [0.1, 0.15) is 12.8 Å². The van der Waals surface area contributed by atoms with E-state index in [-0.39, 0.29) is 11.6 Å². The number of anilines is 1. The maximum atomic E-state index is 13.3. The predicted octanol–water partition coefficient (Wildman–Crippen LogP) is 4.88. The molecular weight excluding hydrogens is 433 g/mol. The van der Waals surface area contributed by atoms with Gasteiger partial charge in [0.25, 0.3) is 5.56 Å². The summed E-state index contributed by atoms with van der Waals surface area (Å²) in [4.78, 5) is 26.7. The molecule has 8 heteroatoms. The van der Waals surface area contributed by atoms with E-state index in [2.05, 4.69) is 20.2 Å². The molecule has 2 aromatic heterocycles. The van der Waals surface area contributed by atoms with Crippen molar-refractivity contribution in [3.05, 3.63) is 56.8 Å². The van der Waals surface area contributed by atoms with E-state index in [9.17, 15) is 4.79 Å². The zero-order chi connectivity index (χ0) is 21.1. The molecule has 6 nitrogen and oxygen atoms in total. The van der Waals surface area contributed by atoms with Crippen LogP contribution in [0.25, 0.3) is 33.3 Å². The summed E-state index contributed by atoms with van der Waals surface area (Å²) >= 11 is 12.5. The van der Waals surface area contributed by atoms with Gasteiger partial charge in [-0.25, -0.2) is 4.98 Å². The first kappa shape index (κ1) is 19.2. The van der Waals surface area contributed by atoms with Gasteiger partial charge in [0, 0.05) is 28.0 Å². The zero-order valence-corrected chi connectivity index (χ0v) is 18.2. The second-order valence-corrected chi connectivity index (χ2v) is 9.40. The highest BCUT2D eigenvalue weighted by molar-refractivity contribution is 6.31. The van der Waals surface area contributed by atoms with Crippen molar-refractivity contribution in [2.75, 3.05) is 25.0 Å². The summed E-state index contributed by atoms with van der Waals surface area (Å²) in [5.74, 6) is 1.12. The van der Waals surface area contributed by atoms with E-state index in [0.717, 1.165) is 47.3 Å². The Balaban J connectivity index is 1.56. The van der Waals surface area contributed by atoms with Crippen LogP contribution in [0.2, 0.25) is 10.0 Å². The van der Waals surface area contributed by atoms with Gasteiger partial charge in [-0.3, -0.25) is 4.79 Å². The van der Waals surface area contributed by atoms with Gasteiger partial charge in [-0.1, -0.05) is 23.2 Å². The van der Waals surface area contributed by atoms with Crippen LogP contribution in [-0.4, -0.2) is 45.5 Å². The van der Waals surface area contributed by atoms with Crippen molar-refractivity contribution in [1.82, 2.24) is 19.9 Å². The number of benzene rings is 2. The molecule has 0 aliphatic carbocycles. The molecule has 2 bridgehead atoms. The number of fused-ring (bicyclic) bond motifs is 5. The first-order valence-electron chi connectivity index (χ1n) is 10.6. The molecule has 3 aliphatic rings. The average molecular weight is 454 g/mol. The van der Waals surface area contributed by atoms with E-state index in [1.807, 2.05) is 24.3 Å². The minimum absolute atomic E-state index is 0.191. The monoisotopic (exact) mass is 453 g/mol. The van der Waals surface area contributed by atoms with Crippen molar-refractivity contribution in [2.24, 2.45) is 5.92 Å². The summed E-state index contributed by atoms with van der Waals surface area (Å²) in [6.07, 6.45) is 2.36. The minimum Gasteiger partial charge on any atom is -0.379 e. The third-order valence-electron chi connectivity index (χ3n) is 6.64. The normalized spacial score (nSPS) is 23.0. The number of aromatic nitrogens is 3. The number of nitrogens with one attached hydrogen (secondary N) is 3. The Morgan fingerprint density at radius 2 is 1.74 bits per heavy atom. The lowest BCUT2D eigenvalue weighted by Crippen LogP contribution is -2.53. The van der Waals surface area contributed by atoms with Crippen molar-refractivity contribution in [3.8, 4) is 11.4 Å². The maximum absolute atomic E-state index is 13.3. The number of hydrogen-bond donors (Lipinski definition) is 3. The fraction of sp³-hybridized carbons (Fsp3) is 0.304. The smallest absolute Gasteiger partial charge is 0.261 e. The summed E-state index contributed by atoms with van der Waals surface area (Å²) in [7, 11) is 0. The summed E-state index contributed by atoms with van der Waals surface area (Å²) in [6.45, 7) is 3.29. The van der Waals surface area contributed by atoms with Gasteiger partial charge in [0.15, 0.2) is 0 Å². The molecule has 0 amide bonds. The first-order chi connectivity index (χ1) is 15.0. The second kappa shape index (κ2) is 7.26. The highest BCUT2D eigenvalue weighted by Crippen LogP contribution is 2.36. The Morgan fingerprint density at radius 1 is 1.00 bits per heavy atom. The van der Waals surface area contributed by atoms with Crippen LogP contribution in [0.3, 0.4) is 0 Å². The van der Waals surface area contributed by atoms with E-state index in [1.54, 1.807) is 12.1 Å². The molecule has 0 spiro atoms. The molecule has 7 rings (SSSR count). The number of H-pyrrole nitrogens is 2. The SMILES string of the molecule is O=c1[nH]c2ccc(Cl)cc2c(N[C@H]2CN3CCC2CC3)c1-c1nc2cc(Cl)ccc2[nH]1. The molecule has 158 valence electrons. The van der Waals surface area contributed by atoms with Crippen LogP contribution >= 0.6 is 23.2 Å². The Bertz CT molecular complexity index is 1370. The maximum Gasteiger partial charge on any atom is 0.261 e. The number of aromatic amines is 2. The predicted molar refractivity (Wildman–Crippen MR) is 126 cm³/mol. The largest absolute Gasteiger partial charge is 0.379 e. The molecule has 3 saturated heterocycles. The van der Waals surface area contributed by atoms with Crippen molar-refractivity contribution in [3.63, 3.8) is 0 Å². The van der Waals surface area contributed by atoms with E-state index in [1.165, 1.54) is 12.8 Å². The Hall–Kier alpha value is -2.54. The molecule has 31 heavy (non-hydrogen) atoms. The van der Waals surface area contributed by atoms with Gasteiger partial charge < -0.3 is 20.2 Å². The molecule has 0 unspecified atom stereocenters. The van der Waals surface area contributed by atoms with Crippen LogP contribution in [0.4, 0.5) is 5.69 Å². The molecule has 0 radical (unpaired) electrons. The number of piperidine rings is 3. The van der Waals surface area contributed by atoms with Crippen LogP contribution < -0.4 is 10.9 Å². The molecule has 2 aromatic carbocycles. The molecule has 5 heterocycles. The van der Waals surface area contributed by atoms with Gasteiger partial charge in [0.2, 0.25) is 0 Å².